The van der Waals surface area contributed by atoms with Crippen molar-refractivity contribution < 1.29 is 9.90 Å². The highest BCUT2D eigenvalue weighted by molar-refractivity contribution is 7.80. The number of rotatable bonds is 1. The maximum Gasteiger partial charge on any atom is 0.335 e. The molecule has 0 aliphatic carbocycles. The van der Waals surface area contributed by atoms with E-state index in [4.69, 9.17) is 22.4 Å². The first-order valence-electron chi connectivity index (χ1n) is 3.03. The van der Waals surface area contributed by atoms with Crippen molar-refractivity contribution in [1.29, 1.82) is 0 Å². The van der Waals surface area contributed by atoms with Gasteiger partial charge in [-0.05, 0) is 12.1 Å². The average Bonchev–Trinajstić information content (AvgIpc) is 1.99. The number of anilines is 1. The van der Waals surface area contributed by atoms with Gasteiger partial charge in [-0.3, -0.25) is 0 Å². The first-order valence-corrected chi connectivity index (χ1v) is 3.86. The molecule has 0 saturated carbocycles. The van der Waals surface area contributed by atoms with Gasteiger partial charge in [0.2, 0.25) is 0 Å². The number of carbonyl (C=O) groups is 1. The number of carboxylic acids is 1. The van der Waals surface area contributed by atoms with Gasteiger partial charge < -0.3 is 10.8 Å². The molecule has 64 valence electrons. The monoisotopic (exact) mass is 203 g/mol. The number of hydrogen-bond acceptors (Lipinski definition) is 3. The fraction of sp³-hybridized carbons (Fsp3) is 0. The number of nitrogen functional groups attached to an aromatic ring is 1. The maximum absolute atomic E-state index is 10.5. The van der Waals surface area contributed by atoms with E-state index in [0.29, 0.717) is 4.90 Å². The van der Waals surface area contributed by atoms with Gasteiger partial charge in [0.25, 0.3) is 0 Å². The van der Waals surface area contributed by atoms with Crippen LogP contribution in [0.1, 0.15) is 10.4 Å². The average molecular weight is 204 g/mol. The van der Waals surface area contributed by atoms with Crippen molar-refractivity contribution in [3.05, 3.63) is 22.7 Å². The van der Waals surface area contributed by atoms with E-state index in [9.17, 15) is 4.79 Å². The minimum Gasteiger partial charge on any atom is -0.478 e. The SMILES string of the molecule is Nc1cc(C(=O)O)cc(S)c1Cl. The molecule has 0 aromatic heterocycles. The van der Waals surface area contributed by atoms with Crippen LogP contribution in [-0.2, 0) is 0 Å². The van der Waals surface area contributed by atoms with E-state index in [1.807, 2.05) is 0 Å². The summed E-state index contributed by atoms with van der Waals surface area (Å²) >= 11 is 9.62. The van der Waals surface area contributed by atoms with Crippen molar-refractivity contribution in [2.24, 2.45) is 0 Å². The van der Waals surface area contributed by atoms with Crippen LogP contribution in [0.15, 0.2) is 17.0 Å². The number of benzene rings is 1. The zero-order chi connectivity index (χ0) is 9.30. The summed E-state index contributed by atoms with van der Waals surface area (Å²) in [5.74, 6) is -1.05. The molecule has 0 unspecified atom stereocenters. The topological polar surface area (TPSA) is 63.3 Å². The lowest BCUT2D eigenvalue weighted by Gasteiger charge is -2.02. The van der Waals surface area contributed by atoms with E-state index in [2.05, 4.69) is 12.6 Å². The van der Waals surface area contributed by atoms with Crippen molar-refractivity contribution in [1.82, 2.24) is 0 Å². The molecule has 12 heavy (non-hydrogen) atoms. The standard InChI is InChI=1S/C7H6ClNO2S/c8-6-4(9)1-3(7(10)11)2-5(6)12/h1-2,12H,9H2,(H,10,11). The molecule has 1 aromatic rings. The molecular formula is C7H6ClNO2S. The fourth-order valence-corrected chi connectivity index (χ4v) is 1.13. The molecule has 1 rings (SSSR count). The molecule has 0 heterocycles. The number of thiol groups is 1. The molecule has 0 spiro atoms. The summed E-state index contributed by atoms with van der Waals surface area (Å²) in [7, 11) is 0. The highest BCUT2D eigenvalue weighted by Crippen LogP contribution is 2.27. The summed E-state index contributed by atoms with van der Waals surface area (Å²) in [5, 5.41) is 8.87. The van der Waals surface area contributed by atoms with Gasteiger partial charge in [-0.2, -0.15) is 0 Å². The summed E-state index contributed by atoms with van der Waals surface area (Å²) < 4.78 is 0. The third-order valence-electron chi connectivity index (χ3n) is 1.33. The van der Waals surface area contributed by atoms with Crippen molar-refractivity contribution in [2.45, 2.75) is 4.90 Å². The molecule has 0 radical (unpaired) electrons. The highest BCUT2D eigenvalue weighted by atomic mass is 35.5. The minimum absolute atomic E-state index is 0.0851. The van der Waals surface area contributed by atoms with Gasteiger partial charge in [-0.1, -0.05) is 11.6 Å². The van der Waals surface area contributed by atoms with E-state index in [0.717, 1.165) is 0 Å². The third-order valence-corrected chi connectivity index (χ3v) is 2.23. The normalized spacial score (nSPS) is 9.83. The molecule has 0 aliphatic rings. The Labute approximate surface area is 79.6 Å². The van der Waals surface area contributed by atoms with Crippen molar-refractivity contribution >= 4 is 35.9 Å². The molecule has 0 aliphatic heterocycles. The zero-order valence-electron chi connectivity index (χ0n) is 5.91. The Morgan fingerprint density at radius 2 is 2.17 bits per heavy atom. The Morgan fingerprint density at radius 3 is 2.58 bits per heavy atom. The van der Waals surface area contributed by atoms with Crippen LogP contribution < -0.4 is 5.73 Å². The lowest BCUT2D eigenvalue weighted by molar-refractivity contribution is 0.0696. The Balaban J connectivity index is 3.31. The Hall–Kier alpha value is -0.870. The molecule has 0 bridgehead atoms. The highest BCUT2D eigenvalue weighted by Gasteiger charge is 2.08. The Bertz CT molecular complexity index is 317. The van der Waals surface area contributed by atoms with Gasteiger partial charge in [0.05, 0.1) is 16.3 Å². The second kappa shape index (κ2) is 3.25. The molecule has 0 amide bonds. The van der Waals surface area contributed by atoms with Gasteiger partial charge in [-0.25, -0.2) is 4.79 Å². The zero-order valence-corrected chi connectivity index (χ0v) is 7.56. The van der Waals surface area contributed by atoms with Gasteiger partial charge in [-0.15, -0.1) is 12.6 Å². The summed E-state index contributed by atoms with van der Waals surface area (Å²) in [4.78, 5) is 10.9. The third kappa shape index (κ3) is 1.65. The second-order valence-corrected chi connectivity index (χ2v) is 3.06. The van der Waals surface area contributed by atoms with Crippen LogP contribution in [0, 0.1) is 0 Å². The summed E-state index contributed by atoms with van der Waals surface area (Å²) in [6.45, 7) is 0. The smallest absolute Gasteiger partial charge is 0.335 e. The number of hydrogen-bond donors (Lipinski definition) is 3. The van der Waals surface area contributed by atoms with Crippen LogP contribution in [0.3, 0.4) is 0 Å². The first kappa shape index (κ1) is 9.22. The lowest BCUT2D eigenvalue weighted by atomic mass is 10.2. The molecular weight excluding hydrogens is 198 g/mol. The number of aromatic carboxylic acids is 1. The summed E-state index contributed by atoms with van der Waals surface area (Å²) in [6, 6.07) is 2.65. The summed E-state index contributed by atoms with van der Waals surface area (Å²) in [6.07, 6.45) is 0. The van der Waals surface area contributed by atoms with Crippen molar-refractivity contribution in [2.75, 3.05) is 5.73 Å². The van der Waals surface area contributed by atoms with Crippen LogP contribution in [0.4, 0.5) is 5.69 Å². The lowest BCUT2D eigenvalue weighted by Crippen LogP contribution is -1.98. The Morgan fingerprint density at radius 1 is 1.58 bits per heavy atom. The van der Waals surface area contributed by atoms with Gasteiger partial charge in [0.1, 0.15) is 0 Å². The van der Waals surface area contributed by atoms with E-state index in [1.165, 1.54) is 12.1 Å². The predicted octanol–water partition coefficient (Wildman–Crippen LogP) is 1.91. The second-order valence-electron chi connectivity index (χ2n) is 2.20. The molecule has 0 atom stereocenters. The Kier molecular flexibility index (Phi) is 2.49. The van der Waals surface area contributed by atoms with Gasteiger partial charge in [0.15, 0.2) is 0 Å². The van der Waals surface area contributed by atoms with Crippen LogP contribution in [0.25, 0.3) is 0 Å². The number of nitrogens with two attached hydrogens (primary N) is 1. The minimum atomic E-state index is -1.05. The number of carboxylic acid groups (broad SMARTS) is 1. The molecule has 1 aromatic carbocycles. The number of halogens is 1. The van der Waals surface area contributed by atoms with Crippen LogP contribution in [0.2, 0.25) is 5.02 Å². The van der Waals surface area contributed by atoms with E-state index < -0.39 is 5.97 Å². The quantitative estimate of drug-likeness (QED) is 0.483. The van der Waals surface area contributed by atoms with Gasteiger partial charge >= 0.3 is 5.97 Å². The molecule has 3 nitrogen and oxygen atoms in total. The first-order chi connectivity index (χ1) is 5.52. The van der Waals surface area contributed by atoms with Crippen molar-refractivity contribution in [3.8, 4) is 0 Å². The van der Waals surface area contributed by atoms with Crippen LogP contribution in [0.5, 0.6) is 0 Å². The van der Waals surface area contributed by atoms with Crippen molar-refractivity contribution in [3.63, 3.8) is 0 Å². The fourth-order valence-electron chi connectivity index (χ4n) is 0.755. The van der Waals surface area contributed by atoms with Crippen LogP contribution in [-0.4, -0.2) is 11.1 Å². The molecule has 0 fully saturated rings. The van der Waals surface area contributed by atoms with E-state index in [1.54, 1.807) is 0 Å². The van der Waals surface area contributed by atoms with E-state index in [-0.39, 0.29) is 16.3 Å². The maximum atomic E-state index is 10.5. The predicted molar refractivity (Wildman–Crippen MR) is 50.1 cm³/mol. The van der Waals surface area contributed by atoms with Crippen LogP contribution >= 0.6 is 24.2 Å². The van der Waals surface area contributed by atoms with Gasteiger partial charge in [0, 0.05) is 4.90 Å². The molecule has 0 saturated heterocycles. The largest absolute Gasteiger partial charge is 0.478 e. The summed E-state index contributed by atoms with van der Waals surface area (Å²) in [5.41, 5.74) is 5.72. The van der Waals surface area contributed by atoms with E-state index >= 15 is 0 Å². The molecule has 3 N–H and O–H groups in total. The molecule has 5 heteroatoms.